The molecule has 0 fully saturated rings. The average Bonchev–Trinajstić information content (AvgIpc) is 2.65. The van der Waals surface area contributed by atoms with Gasteiger partial charge in [-0.25, -0.2) is 0 Å². The summed E-state index contributed by atoms with van der Waals surface area (Å²) in [5.41, 5.74) is 0. The van der Waals surface area contributed by atoms with Crippen LogP contribution in [0.5, 0.6) is 0 Å². The predicted octanol–water partition coefficient (Wildman–Crippen LogP) is 6.85. The zero-order valence-corrected chi connectivity index (χ0v) is 17.9. The zero-order valence-electron chi connectivity index (χ0n) is 17.0. The van der Waals surface area contributed by atoms with E-state index in [0.717, 1.165) is 25.7 Å². The van der Waals surface area contributed by atoms with E-state index in [-0.39, 0.29) is 6.10 Å². The average molecular weight is 383 g/mol. The number of benzene rings is 1. The van der Waals surface area contributed by atoms with Crippen LogP contribution in [0.25, 0.3) is 0 Å². The van der Waals surface area contributed by atoms with Gasteiger partial charge in [-0.1, -0.05) is 90.3 Å². The second kappa shape index (κ2) is 13.5. The molecule has 3 nitrogen and oxygen atoms in total. The summed E-state index contributed by atoms with van der Waals surface area (Å²) < 4.78 is 18.5. The minimum atomic E-state index is -3.75. The highest BCUT2D eigenvalue weighted by Gasteiger charge is 2.27. The summed E-state index contributed by atoms with van der Waals surface area (Å²) >= 11 is 0. The third-order valence-electron chi connectivity index (χ3n) is 5.19. The van der Waals surface area contributed by atoms with Crippen molar-refractivity contribution in [1.29, 1.82) is 0 Å². The van der Waals surface area contributed by atoms with Crippen LogP contribution in [0.1, 0.15) is 91.4 Å². The summed E-state index contributed by atoms with van der Waals surface area (Å²) in [6, 6.07) is 8.80. The molecule has 0 amide bonds. The van der Waals surface area contributed by atoms with Crippen molar-refractivity contribution in [3.05, 3.63) is 30.3 Å². The first-order valence-corrected chi connectivity index (χ1v) is 12.2. The third-order valence-corrected chi connectivity index (χ3v) is 6.73. The molecule has 0 spiro atoms. The fourth-order valence-electron chi connectivity index (χ4n) is 3.39. The molecule has 0 aliphatic carbocycles. The maximum absolute atomic E-state index is 12.7. The molecule has 1 aromatic carbocycles. The van der Waals surface area contributed by atoms with Gasteiger partial charge < -0.3 is 9.42 Å². The Hall–Kier alpha value is -0.630. The molecule has 1 rings (SSSR count). The maximum atomic E-state index is 12.7. The minimum absolute atomic E-state index is 0.126. The monoisotopic (exact) mass is 382 g/mol. The minimum Gasteiger partial charge on any atom is -0.321 e. The summed E-state index contributed by atoms with van der Waals surface area (Å²) in [5, 5.41) is 0.400. The van der Waals surface area contributed by atoms with Gasteiger partial charge in [0.05, 0.1) is 11.4 Å². The third kappa shape index (κ3) is 9.35. The number of hydrogen-bond donors (Lipinski definition) is 1. The lowest BCUT2D eigenvalue weighted by Crippen LogP contribution is -2.18. The van der Waals surface area contributed by atoms with E-state index in [9.17, 15) is 9.46 Å². The molecule has 0 saturated carbocycles. The van der Waals surface area contributed by atoms with Crippen LogP contribution in [-0.2, 0) is 9.09 Å². The van der Waals surface area contributed by atoms with Gasteiger partial charge >= 0.3 is 7.60 Å². The molecule has 3 atom stereocenters. The fraction of sp³-hybridized carbons (Fsp3) is 0.727. The second-order valence-corrected chi connectivity index (χ2v) is 9.19. The Morgan fingerprint density at radius 2 is 1.58 bits per heavy atom. The van der Waals surface area contributed by atoms with Crippen molar-refractivity contribution in [3.8, 4) is 0 Å². The fourth-order valence-corrected chi connectivity index (χ4v) is 4.68. The van der Waals surface area contributed by atoms with E-state index in [0.29, 0.717) is 11.2 Å². The molecule has 0 aromatic heterocycles. The molecule has 0 radical (unpaired) electrons. The van der Waals surface area contributed by atoms with Gasteiger partial charge in [-0.3, -0.25) is 4.57 Å². The molecule has 0 saturated heterocycles. The summed E-state index contributed by atoms with van der Waals surface area (Å²) in [5.74, 6) is 0.700. The van der Waals surface area contributed by atoms with Crippen molar-refractivity contribution in [2.75, 3.05) is 0 Å². The smallest absolute Gasteiger partial charge is 0.321 e. The van der Waals surface area contributed by atoms with Gasteiger partial charge in [0.25, 0.3) is 0 Å². The van der Waals surface area contributed by atoms with Crippen LogP contribution < -0.4 is 5.30 Å². The van der Waals surface area contributed by atoms with E-state index in [1.54, 1.807) is 24.3 Å². The molecular weight excluding hydrogens is 343 g/mol. The number of rotatable bonds is 15. The first-order chi connectivity index (χ1) is 12.5. The molecule has 0 aliphatic heterocycles. The van der Waals surface area contributed by atoms with Crippen molar-refractivity contribution in [2.45, 2.75) is 97.5 Å². The molecule has 4 heteroatoms. The maximum Gasteiger partial charge on any atom is 0.359 e. The van der Waals surface area contributed by atoms with Crippen LogP contribution in [-0.4, -0.2) is 11.0 Å². The Morgan fingerprint density at radius 3 is 2.19 bits per heavy atom. The quantitative estimate of drug-likeness (QED) is 0.266. The molecule has 1 aromatic rings. The van der Waals surface area contributed by atoms with Gasteiger partial charge in [-0.2, -0.15) is 0 Å². The van der Waals surface area contributed by atoms with Gasteiger partial charge in [0, 0.05) is 0 Å². The number of hydrogen-bond acceptors (Lipinski definition) is 2. The van der Waals surface area contributed by atoms with Gasteiger partial charge in [0.15, 0.2) is 0 Å². The standard InChI is InChI=1S/C22H39O3P/c1-4-7-9-11-15-21(19-18-20(6-3)14-8-5-2)25-26(23,24)22-16-12-10-13-17-22/h10,12-13,16-17,20-21H,4-9,11,14-15,18-19H2,1-3H3,(H,23,24). The molecule has 0 aliphatic rings. The van der Waals surface area contributed by atoms with Crippen molar-refractivity contribution in [3.63, 3.8) is 0 Å². The van der Waals surface area contributed by atoms with E-state index in [1.165, 1.54) is 44.9 Å². The van der Waals surface area contributed by atoms with E-state index in [2.05, 4.69) is 20.8 Å². The molecule has 3 unspecified atom stereocenters. The molecule has 150 valence electrons. The summed E-state index contributed by atoms with van der Waals surface area (Å²) in [6.45, 7) is 6.68. The van der Waals surface area contributed by atoms with Crippen LogP contribution in [0.2, 0.25) is 0 Å². The Bertz CT molecular complexity index is 503. The molecule has 1 N–H and O–H groups in total. The highest BCUT2D eigenvalue weighted by Crippen LogP contribution is 2.44. The van der Waals surface area contributed by atoms with Gasteiger partial charge in [-0.15, -0.1) is 0 Å². The topological polar surface area (TPSA) is 46.5 Å². The summed E-state index contributed by atoms with van der Waals surface area (Å²) in [7, 11) is -3.75. The normalized spacial score (nSPS) is 16.2. The highest BCUT2D eigenvalue weighted by atomic mass is 31.2. The van der Waals surface area contributed by atoms with Crippen LogP contribution in [0.15, 0.2) is 30.3 Å². The summed E-state index contributed by atoms with van der Waals surface area (Å²) in [4.78, 5) is 10.5. The predicted molar refractivity (Wildman–Crippen MR) is 112 cm³/mol. The van der Waals surface area contributed by atoms with Gasteiger partial charge in [0.2, 0.25) is 0 Å². The molecule has 0 bridgehead atoms. The lowest BCUT2D eigenvalue weighted by atomic mass is 9.92. The Kier molecular flexibility index (Phi) is 12.2. The summed E-state index contributed by atoms with van der Waals surface area (Å²) in [6.07, 6.45) is 12.3. The van der Waals surface area contributed by atoms with Gasteiger partial charge in [0.1, 0.15) is 0 Å². The van der Waals surface area contributed by atoms with Crippen LogP contribution >= 0.6 is 7.60 Å². The van der Waals surface area contributed by atoms with Crippen molar-refractivity contribution in [2.24, 2.45) is 5.92 Å². The van der Waals surface area contributed by atoms with E-state index < -0.39 is 7.60 Å². The first kappa shape index (κ1) is 23.4. The molecular formula is C22H39O3P. The lowest BCUT2D eigenvalue weighted by Gasteiger charge is -2.24. The second-order valence-electron chi connectivity index (χ2n) is 7.43. The Morgan fingerprint density at radius 1 is 0.885 bits per heavy atom. The van der Waals surface area contributed by atoms with Crippen LogP contribution in [0, 0.1) is 5.92 Å². The van der Waals surface area contributed by atoms with Crippen LogP contribution in [0.3, 0.4) is 0 Å². The largest absolute Gasteiger partial charge is 0.359 e. The Labute approximate surface area is 161 Å². The van der Waals surface area contributed by atoms with Crippen LogP contribution in [0.4, 0.5) is 0 Å². The van der Waals surface area contributed by atoms with E-state index >= 15 is 0 Å². The molecule has 0 heterocycles. The van der Waals surface area contributed by atoms with Gasteiger partial charge in [-0.05, 0) is 37.3 Å². The van der Waals surface area contributed by atoms with Crippen molar-refractivity contribution in [1.82, 2.24) is 0 Å². The Balaban J connectivity index is 2.66. The lowest BCUT2D eigenvalue weighted by molar-refractivity contribution is 0.148. The SMILES string of the molecule is CCCCCCC(CCC(CC)CCCC)OP(=O)(O)c1ccccc1. The first-order valence-electron chi connectivity index (χ1n) is 10.6. The number of unbranched alkanes of at least 4 members (excludes halogenated alkanes) is 4. The van der Waals surface area contributed by atoms with Crippen molar-refractivity contribution >= 4 is 12.9 Å². The van der Waals surface area contributed by atoms with E-state index in [4.69, 9.17) is 4.52 Å². The van der Waals surface area contributed by atoms with E-state index in [1.807, 2.05) is 6.07 Å². The zero-order chi connectivity index (χ0) is 19.3. The molecule has 26 heavy (non-hydrogen) atoms. The van der Waals surface area contributed by atoms with Crippen molar-refractivity contribution < 1.29 is 14.0 Å². The highest BCUT2D eigenvalue weighted by molar-refractivity contribution is 7.61.